The number of ether oxygens (including phenoxy) is 1. The van der Waals surface area contributed by atoms with E-state index in [1.807, 2.05) is 0 Å². The van der Waals surface area contributed by atoms with Crippen molar-refractivity contribution in [2.45, 2.75) is 57.7 Å². The summed E-state index contributed by atoms with van der Waals surface area (Å²) in [6, 6.07) is 2.19. The van der Waals surface area contributed by atoms with Crippen molar-refractivity contribution in [2.75, 3.05) is 13.2 Å². The van der Waals surface area contributed by atoms with Crippen molar-refractivity contribution in [1.29, 1.82) is 0 Å². The molecule has 3 atom stereocenters. The van der Waals surface area contributed by atoms with Gasteiger partial charge in [0.15, 0.2) is 0 Å². The molecule has 98 valence electrons. The highest BCUT2D eigenvalue weighted by Gasteiger charge is 2.46. The molecule has 3 heteroatoms. The summed E-state index contributed by atoms with van der Waals surface area (Å²) in [5.41, 5.74) is 0. The van der Waals surface area contributed by atoms with Crippen LogP contribution in [0.2, 0.25) is 0 Å². The number of hydrogen-bond donors (Lipinski definition) is 1. The first-order chi connectivity index (χ1) is 8.09. The topological polar surface area (TPSA) is 32.7 Å². The van der Waals surface area contributed by atoms with Gasteiger partial charge in [0.05, 0.1) is 19.0 Å². The van der Waals surface area contributed by atoms with Crippen LogP contribution in [-0.2, 0) is 4.74 Å². The minimum Gasteiger partial charge on any atom is -0.513 e. The molecule has 2 rings (SSSR count). The van der Waals surface area contributed by atoms with Gasteiger partial charge >= 0.3 is 0 Å². The average molecular weight is 239 g/mol. The summed E-state index contributed by atoms with van der Waals surface area (Å²) < 4.78 is 5.66. The molecule has 2 fully saturated rings. The van der Waals surface area contributed by atoms with Gasteiger partial charge in [-0.05, 0) is 39.0 Å². The first-order valence-corrected chi connectivity index (χ1v) is 6.81. The van der Waals surface area contributed by atoms with Gasteiger partial charge in [-0.2, -0.15) is 0 Å². The van der Waals surface area contributed by atoms with E-state index in [-0.39, 0.29) is 5.76 Å². The lowest BCUT2D eigenvalue weighted by Crippen LogP contribution is -2.37. The molecule has 17 heavy (non-hydrogen) atoms. The largest absolute Gasteiger partial charge is 0.513 e. The summed E-state index contributed by atoms with van der Waals surface area (Å²) in [5.74, 6) is 0.921. The fourth-order valence-corrected chi connectivity index (χ4v) is 3.57. The summed E-state index contributed by atoms with van der Waals surface area (Å²) in [5, 5.41) is 8.98. The predicted molar refractivity (Wildman–Crippen MR) is 69.1 cm³/mol. The Bertz CT molecular complexity index is 277. The van der Waals surface area contributed by atoms with Crippen LogP contribution < -0.4 is 0 Å². The van der Waals surface area contributed by atoms with Crippen LogP contribution in [0.25, 0.3) is 0 Å². The Morgan fingerprint density at radius 2 is 2.24 bits per heavy atom. The molecule has 2 unspecified atom stereocenters. The van der Waals surface area contributed by atoms with Crippen LogP contribution in [0.15, 0.2) is 12.3 Å². The van der Waals surface area contributed by atoms with Crippen molar-refractivity contribution in [3.63, 3.8) is 0 Å². The summed E-state index contributed by atoms with van der Waals surface area (Å²) in [6.07, 6.45) is 4.56. The first kappa shape index (κ1) is 12.9. The summed E-state index contributed by atoms with van der Waals surface area (Å²) in [6.45, 7) is 9.50. The van der Waals surface area contributed by atoms with E-state index in [0.717, 1.165) is 18.7 Å². The Morgan fingerprint density at radius 1 is 1.47 bits per heavy atom. The lowest BCUT2D eigenvalue weighted by atomic mass is 9.90. The van der Waals surface area contributed by atoms with Gasteiger partial charge in [-0.3, -0.25) is 4.90 Å². The van der Waals surface area contributed by atoms with Crippen molar-refractivity contribution in [1.82, 2.24) is 4.90 Å². The van der Waals surface area contributed by atoms with Crippen molar-refractivity contribution in [2.24, 2.45) is 5.92 Å². The van der Waals surface area contributed by atoms with Crippen molar-refractivity contribution >= 4 is 0 Å². The molecule has 0 radical (unpaired) electrons. The van der Waals surface area contributed by atoms with Gasteiger partial charge < -0.3 is 9.84 Å². The quantitative estimate of drug-likeness (QED) is 0.571. The number of hydrogen-bond acceptors (Lipinski definition) is 3. The Labute approximate surface area is 104 Å². The third-order valence-corrected chi connectivity index (χ3v) is 4.18. The lowest BCUT2D eigenvalue weighted by molar-refractivity contribution is 0.0775. The maximum absolute atomic E-state index is 8.98. The molecule has 0 amide bonds. The van der Waals surface area contributed by atoms with E-state index in [1.54, 1.807) is 0 Å². The Kier molecular flexibility index (Phi) is 4.10. The smallest absolute Gasteiger partial charge is 0.0874 e. The van der Waals surface area contributed by atoms with Crippen molar-refractivity contribution in [3.05, 3.63) is 12.3 Å². The van der Waals surface area contributed by atoms with Crippen LogP contribution >= 0.6 is 0 Å². The van der Waals surface area contributed by atoms with Crippen molar-refractivity contribution in [3.8, 4) is 0 Å². The maximum Gasteiger partial charge on any atom is 0.0874 e. The normalized spacial score (nSPS) is 32.5. The molecule has 0 spiro atoms. The summed E-state index contributed by atoms with van der Waals surface area (Å²) in [4.78, 5) is 2.68. The highest BCUT2D eigenvalue weighted by atomic mass is 16.5. The van der Waals surface area contributed by atoms with E-state index in [1.165, 1.54) is 19.3 Å². The molecule has 2 aliphatic heterocycles. The molecule has 2 aliphatic rings. The average Bonchev–Trinajstić information content (AvgIpc) is 2.80. The highest BCUT2D eigenvalue weighted by molar-refractivity contribution is 5.01. The molecule has 2 heterocycles. The minimum absolute atomic E-state index is 0.224. The molecule has 0 aliphatic carbocycles. The van der Waals surface area contributed by atoms with Gasteiger partial charge in [-0.15, -0.1) is 0 Å². The zero-order valence-electron chi connectivity index (χ0n) is 11.1. The second-order valence-corrected chi connectivity index (χ2v) is 5.73. The number of fused-ring (bicyclic) bond motifs is 2. The third-order valence-electron chi connectivity index (χ3n) is 4.18. The number of rotatable bonds is 6. The van der Waals surface area contributed by atoms with E-state index >= 15 is 0 Å². The summed E-state index contributed by atoms with van der Waals surface area (Å²) >= 11 is 0. The van der Waals surface area contributed by atoms with Gasteiger partial charge in [0.25, 0.3) is 0 Å². The van der Waals surface area contributed by atoms with Crippen LogP contribution in [0.4, 0.5) is 0 Å². The summed E-state index contributed by atoms with van der Waals surface area (Å²) in [7, 11) is 0. The molecule has 0 aromatic rings. The molecular formula is C14H25NO2. The van der Waals surface area contributed by atoms with E-state index < -0.39 is 0 Å². The molecule has 3 nitrogen and oxygen atoms in total. The fourth-order valence-electron chi connectivity index (χ4n) is 3.57. The predicted octanol–water partition coefficient (Wildman–Crippen LogP) is 2.73. The first-order valence-electron chi connectivity index (χ1n) is 6.81. The fraction of sp³-hybridized carbons (Fsp3) is 0.857. The van der Waals surface area contributed by atoms with Gasteiger partial charge in [-0.25, -0.2) is 0 Å². The highest BCUT2D eigenvalue weighted by Crippen LogP contribution is 2.42. The molecule has 1 N–H and O–H groups in total. The SMILES string of the molecule is C=C(O)CCOC[C@H]1CC2CCC1N2C(C)C. The lowest BCUT2D eigenvalue weighted by Gasteiger charge is -2.27. The van der Waals surface area contributed by atoms with Crippen LogP contribution in [-0.4, -0.2) is 41.3 Å². The third kappa shape index (κ3) is 2.83. The molecular weight excluding hydrogens is 214 g/mol. The maximum atomic E-state index is 8.98. The Hall–Kier alpha value is -0.540. The standard InChI is InChI=1S/C14H25NO2/c1-10(2)15-13-4-5-14(15)12(8-13)9-17-7-6-11(3)16/h10,12-14,16H,3-9H2,1-2H3/t12-,13?,14?/m1/s1. The monoisotopic (exact) mass is 239 g/mol. The number of aliphatic hydroxyl groups is 1. The zero-order valence-corrected chi connectivity index (χ0v) is 11.1. The second kappa shape index (κ2) is 5.40. The van der Waals surface area contributed by atoms with Crippen LogP contribution in [0.1, 0.15) is 39.5 Å². The second-order valence-electron chi connectivity index (χ2n) is 5.73. The van der Waals surface area contributed by atoms with E-state index in [9.17, 15) is 0 Å². The van der Waals surface area contributed by atoms with Crippen LogP contribution in [0.5, 0.6) is 0 Å². The molecule has 0 aromatic heterocycles. The van der Waals surface area contributed by atoms with Crippen LogP contribution in [0, 0.1) is 5.92 Å². The molecule has 0 aromatic carbocycles. The number of nitrogens with zero attached hydrogens (tertiary/aromatic N) is 1. The Balaban J connectivity index is 1.75. The molecule has 0 saturated carbocycles. The van der Waals surface area contributed by atoms with Crippen LogP contribution in [0.3, 0.4) is 0 Å². The zero-order chi connectivity index (χ0) is 12.4. The van der Waals surface area contributed by atoms with Gasteiger partial charge in [0, 0.05) is 24.5 Å². The number of aliphatic hydroxyl groups excluding tert-OH is 1. The Morgan fingerprint density at radius 3 is 2.82 bits per heavy atom. The van der Waals surface area contributed by atoms with E-state index in [4.69, 9.17) is 9.84 Å². The van der Waals surface area contributed by atoms with Gasteiger partial charge in [0.1, 0.15) is 0 Å². The minimum atomic E-state index is 0.224. The van der Waals surface area contributed by atoms with E-state index in [0.29, 0.717) is 25.0 Å². The van der Waals surface area contributed by atoms with Gasteiger partial charge in [0.2, 0.25) is 0 Å². The molecule has 2 saturated heterocycles. The van der Waals surface area contributed by atoms with Crippen molar-refractivity contribution < 1.29 is 9.84 Å². The van der Waals surface area contributed by atoms with Gasteiger partial charge in [-0.1, -0.05) is 6.58 Å². The van der Waals surface area contributed by atoms with E-state index in [2.05, 4.69) is 25.3 Å². The molecule has 2 bridgehead atoms.